The van der Waals surface area contributed by atoms with Crippen molar-refractivity contribution in [2.45, 2.75) is 6.42 Å². The van der Waals surface area contributed by atoms with Crippen molar-refractivity contribution in [2.24, 2.45) is 5.73 Å². The van der Waals surface area contributed by atoms with Crippen LogP contribution in [0.2, 0.25) is 0 Å². The molecule has 1 aliphatic heterocycles. The second-order valence-corrected chi connectivity index (χ2v) is 7.50. The normalized spacial score (nSPS) is 13.9. The lowest BCUT2D eigenvalue weighted by Gasteiger charge is -2.26. The van der Waals surface area contributed by atoms with E-state index in [1.807, 2.05) is 17.0 Å². The number of nitrogens with one attached hydrogen (secondary N) is 3. The van der Waals surface area contributed by atoms with Crippen LogP contribution < -0.4 is 16.0 Å². The Morgan fingerprint density at radius 1 is 1.18 bits per heavy atom. The van der Waals surface area contributed by atoms with Crippen molar-refractivity contribution in [3.05, 3.63) is 59.7 Å². The van der Waals surface area contributed by atoms with Crippen molar-refractivity contribution in [2.75, 3.05) is 44.2 Å². The Balaban J connectivity index is 1.71. The number of phenols is 1. The number of allylic oxidation sites excluding steroid dienone is 1. The SMILES string of the molecule is N#CCNCC#Cc1nccc(N2CCCN(/C(=C/C(=N)c3ccccc3O)C(=N)N)CC2)n1. The molecule has 0 atom stereocenters. The smallest absolute Gasteiger partial charge is 0.206 e. The van der Waals surface area contributed by atoms with Gasteiger partial charge in [-0.25, -0.2) is 9.97 Å². The molecule has 0 unspecified atom stereocenters. The van der Waals surface area contributed by atoms with E-state index in [2.05, 4.69) is 32.0 Å². The lowest BCUT2D eigenvalue weighted by molar-refractivity contribution is 0.386. The second-order valence-electron chi connectivity index (χ2n) is 7.50. The quantitative estimate of drug-likeness (QED) is 0.135. The molecule has 1 saturated heterocycles. The summed E-state index contributed by atoms with van der Waals surface area (Å²) in [6.45, 7) is 3.27. The average Bonchev–Trinajstić information content (AvgIpc) is 3.09. The van der Waals surface area contributed by atoms with E-state index in [1.54, 1.807) is 24.4 Å². The van der Waals surface area contributed by atoms with Crippen molar-refractivity contribution >= 4 is 17.4 Å². The minimum Gasteiger partial charge on any atom is -0.507 e. The topological polar surface area (TPSA) is 162 Å². The molecule has 174 valence electrons. The van der Waals surface area contributed by atoms with Gasteiger partial charge in [-0.15, -0.1) is 0 Å². The molecule has 1 aromatic carbocycles. The van der Waals surface area contributed by atoms with E-state index in [1.165, 1.54) is 12.1 Å². The maximum atomic E-state index is 10.0. The highest BCUT2D eigenvalue weighted by Gasteiger charge is 2.20. The predicted molar refractivity (Wildman–Crippen MR) is 131 cm³/mol. The number of rotatable bonds is 7. The van der Waals surface area contributed by atoms with E-state index in [0.717, 1.165) is 18.8 Å². The zero-order valence-electron chi connectivity index (χ0n) is 18.8. The van der Waals surface area contributed by atoms with Gasteiger partial charge in [0.1, 0.15) is 17.4 Å². The molecule has 34 heavy (non-hydrogen) atoms. The third-order valence-electron chi connectivity index (χ3n) is 5.17. The minimum absolute atomic E-state index is 0.0113. The molecule has 1 aromatic heterocycles. The third-order valence-corrected chi connectivity index (χ3v) is 5.17. The van der Waals surface area contributed by atoms with E-state index >= 15 is 0 Å². The van der Waals surface area contributed by atoms with Crippen molar-refractivity contribution in [3.63, 3.8) is 0 Å². The molecular weight excluding hydrogens is 430 g/mol. The van der Waals surface area contributed by atoms with Gasteiger partial charge >= 0.3 is 0 Å². The molecule has 3 rings (SSSR count). The molecular formula is C24H27N9O. The predicted octanol–water partition coefficient (Wildman–Crippen LogP) is 1.05. The van der Waals surface area contributed by atoms with Crippen LogP contribution in [0.15, 0.2) is 48.3 Å². The first-order valence-electron chi connectivity index (χ1n) is 10.8. The molecule has 0 radical (unpaired) electrons. The summed E-state index contributed by atoms with van der Waals surface area (Å²) in [7, 11) is 0. The zero-order chi connectivity index (χ0) is 24.3. The Bertz CT molecular complexity index is 1170. The highest BCUT2D eigenvalue weighted by Crippen LogP contribution is 2.20. The molecule has 2 heterocycles. The van der Waals surface area contributed by atoms with Gasteiger partial charge < -0.3 is 26.0 Å². The number of aromatic hydroxyl groups is 1. The number of phenolic OH excluding ortho intramolecular Hbond substituents is 1. The summed E-state index contributed by atoms with van der Waals surface area (Å²) in [4.78, 5) is 12.9. The molecule has 0 saturated carbocycles. The van der Waals surface area contributed by atoms with E-state index in [-0.39, 0.29) is 23.8 Å². The summed E-state index contributed by atoms with van der Waals surface area (Å²) >= 11 is 0. The van der Waals surface area contributed by atoms with Gasteiger partial charge in [0.15, 0.2) is 0 Å². The van der Waals surface area contributed by atoms with Gasteiger partial charge in [0.2, 0.25) is 5.82 Å². The van der Waals surface area contributed by atoms with E-state index in [0.29, 0.717) is 43.3 Å². The number of para-hydroxylation sites is 1. The maximum absolute atomic E-state index is 10.0. The van der Waals surface area contributed by atoms with Crippen molar-refractivity contribution in [1.82, 2.24) is 20.2 Å². The number of hydrogen-bond donors (Lipinski definition) is 5. The fourth-order valence-electron chi connectivity index (χ4n) is 3.53. The summed E-state index contributed by atoms with van der Waals surface area (Å²) < 4.78 is 0. The average molecular weight is 458 g/mol. The molecule has 1 fully saturated rings. The van der Waals surface area contributed by atoms with E-state index < -0.39 is 0 Å². The largest absolute Gasteiger partial charge is 0.507 e. The number of nitrogens with zero attached hydrogens (tertiary/aromatic N) is 5. The molecule has 0 spiro atoms. The summed E-state index contributed by atoms with van der Waals surface area (Å²) in [6, 6.07) is 10.5. The number of nitriles is 1. The molecule has 10 nitrogen and oxygen atoms in total. The van der Waals surface area contributed by atoms with Crippen molar-refractivity contribution in [1.29, 1.82) is 16.1 Å². The van der Waals surface area contributed by atoms with E-state index in [9.17, 15) is 5.11 Å². The van der Waals surface area contributed by atoms with E-state index in [4.69, 9.17) is 21.8 Å². The lowest BCUT2D eigenvalue weighted by atomic mass is 10.1. The van der Waals surface area contributed by atoms with Crippen LogP contribution in [0.1, 0.15) is 17.8 Å². The monoisotopic (exact) mass is 457 g/mol. The van der Waals surface area contributed by atoms with Crippen LogP contribution in [0.4, 0.5) is 5.82 Å². The van der Waals surface area contributed by atoms with Crippen LogP contribution in [0.5, 0.6) is 5.75 Å². The Labute approximate surface area is 198 Å². The maximum Gasteiger partial charge on any atom is 0.206 e. The Morgan fingerprint density at radius 3 is 2.76 bits per heavy atom. The minimum atomic E-state index is -0.127. The van der Waals surface area contributed by atoms with Crippen LogP contribution in [0.25, 0.3) is 0 Å². The second kappa shape index (κ2) is 12.0. The fraction of sp³-hybridized carbons (Fsp3) is 0.292. The van der Waals surface area contributed by atoms with Gasteiger partial charge in [0.05, 0.1) is 30.6 Å². The van der Waals surface area contributed by atoms with Gasteiger partial charge in [-0.05, 0) is 36.6 Å². The first kappa shape index (κ1) is 24.2. The zero-order valence-corrected chi connectivity index (χ0v) is 18.8. The third kappa shape index (κ3) is 6.55. The van der Waals surface area contributed by atoms with Crippen LogP contribution in [-0.2, 0) is 0 Å². The van der Waals surface area contributed by atoms with Gasteiger partial charge in [-0.2, -0.15) is 5.26 Å². The number of anilines is 1. The molecule has 0 bridgehead atoms. The summed E-state index contributed by atoms with van der Waals surface area (Å²) in [5.74, 6) is 6.87. The lowest BCUT2D eigenvalue weighted by Crippen LogP contribution is -2.35. The Kier molecular flexibility index (Phi) is 8.55. The molecule has 1 aliphatic rings. The first-order valence-corrected chi connectivity index (χ1v) is 10.8. The summed E-state index contributed by atoms with van der Waals surface area (Å²) in [5, 5.41) is 37.9. The number of benzene rings is 1. The highest BCUT2D eigenvalue weighted by molar-refractivity contribution is 6.12. The standard InChI is InChI=1S/C24H27N9O/c25-9-12-29-10-3-7-22-30-11-8-23(31-22)33-14-4-13-32(15-16-33)20(24(27)28)17-19(26)18-5-1-2-6-21(18)34/h1-2,5-6,8,11,17,26,29,34H,4,10,12-16H2,(H3,27,28)/b20-17+,26-19?. The number of nitrogens with two attached hydrogens (primary N) is 1. The van der Waals surface area contributed by atoms with Crippen LogP contribution in [0, 0.1) is 34.0 Å². The van der Waals surface area contributed by atoms with Crippen molar-refractivity contribution < 1.29 is 5.11 Å². The Morgan fingerprint density at radius 2 is 2.00 bits per heavy atom. The Hall–Kier alpha value is -4.41. The van der Waals surface area contributed by atoms with Gasteiger partial charge in [0, 0.05) is 37.9 Å². The van der Waals surface area contributed by atoms with Crippen LogP contribution >= 0.6 is 0 Å². The number of amidine groups is 1. The van der Waals surface area contributed by atoms with Gasteiger partial charge in [0.25, 0.3) is 0 Å². The van der Waals surface area contributed by atoms with Crippen molar-refractivity contribution in [3.8, 4) is 23.7 Å². The summed E-state index contributed by atoms with van der Waals surface area (Å²) in [6.07, 6.45) is 4.01. The summed E-state index contributed by atoms with van der Waals surface area (Å²) in [5.41, 5.74) is 6.80. The molecule has 0 amide bonds. The fourth-order valence-corrected chi connectivity index (χ4v) is 3.53. The molecule has 0 aliphatic carbocycles. The first-order chi connectivity index (χ1) is 16.5. The van der Waals surface area contributed by atoms with Gasteiger partial charge in [-0.1, -0.05) is 18.1 Å². The van der Waals surface area contributed by atoms with Gasteiger partial charge in [-0.3, -0.25) is 10.7 Å². The number of hydrogen-bond acceptors (Lipinski definition) is 9. The molecule has 10 heteroatoms. The molecule has 6 N–H and O–H groups in total. The highest BCUT2D eigenvalue weighted by atomic mass is 16.3. The molecule has 2 aromatic rings. The number of aromatic nitrogens is 2. The van der Waals surface area contributed by atoms with Crippen LogP contribution in [0.3, 0.4) is 0 Å². The van der Waals surface area contributed by atoms with Crippen LogP contribution in [-0.4, -0.2) is 70.8 Å².